The van der Waals surface area contributed by atoms with Crippen molar-refractivity contribution < 1.29 is 17.9 Å². The van der Waals surface area contributed by atoms with Gasteiger partial charge in [0.25, 0.3) is 0 Å². The lowest BCUT2D eigenvalue weighted by molar-refractivity contribution is -0.274. The van der Waals surface area contributed by atoms with Gasteiger partial charge in [-0.25, -0.2) is 0 Å². The molecule has 0 spiro atoms. The zero-order valence-electron chi connectivity index (χ0n) is 10.7. The minimum atomic E-state index is -4.92. The smallest absolute Gasteiger partial charge is 0.405 e. The number of nitriles is 2. The Morgan fingerprint density at radius 2 is 1.82 bits per heavy atom. The fraction of sp³-hybridized carbons (Fsp3) is 0.0667. The Morgan fingerprint density at radius 1 is 1.09 bits per heavy atom. The maximum absolute atomic E-state index is 12.5. The van der Waals surface area contributed by atoms with Gasteiger partial charge < -0.3 is 4.74 Å². The van der Waals surface area contributed by atoms with Crippen molar-refractivity contribution >= 4 is 11.6 Å². The van der Waals surface area contributed by atoms with E-state index in [4.69, 9.17) is 22.1 Å². The van der Waals surface area contributed by atoms with Crippen LogP contribution >= 0.6 is 11.6 Å². The van der Waals surface area contributed by atoms with Gasteiger partial charge in [-0.2, -0.15) is 10.5 Å². The molecule has 0 aliphatic heterocycles. The molecule has 2 rings (SSSR count). The van der Waals surface area contributed by atoms with E-state index in [0.29, 0.717) is 0 Å². The molecule has 1 radical (unpaired) electrons. The summed E-state index contributed by atoms with van der Waals surface area (Å²) in [7, 11) is 0. The third-order valence-corrected chi connectivity index (χ3v) is 3.06. The highest BCUT2D eigenvalue weighted by Crippen LogP contribution is 2.38. The second-order valence-electron chi connectivity index (χ2n) is 4.06. The summed E-state index contributed by atoms with van der Waals surface area (Å²) in [6, 6.07) is 12.5. The van der Waals surface area contributed by atoms with Gasteiger partial charge in [-0.15, -0.1) is 13.2 Å². The molecule has 0 bridgehead atoms. The topological polar surface area (TPSA) is 56.8 Å². The molecule has 0 fully saturated rings. The number of ether oxygens (including phenoxy) is 1. The van der Waals surface area contributed by atoms with Crippen molar-refractivity contribution in [1.82, 2.24) is 0 Å². The van der Waals surface area contributed by atoms with Crippen LogP contribution in [0.5, 0.6) is 5.75 Å². The van der Waals surface area contributed by atoms with Crippen LogP contribution in [0.2, 0.25) is 5.02 Å². The summed E-state index contributed by atoms with van der Waals surface area (Å²) in [4.78, 5) is 0. The standard InChI is InChI=1S/C15H5ClF3N2O/c16-14-10(8-21)2-1-3-12(14)11-5-4-9(7-20)6-13(11)22-15(17,18)19/h1,3-6H. The SMILES string of the molecule is N#Cc1ccc(-c2cc[c]c(C#N)c2Cl)c(OC(F)(F)F)c1. The van der Waals surface area contributed by atoms with Gasteiger partial charge >= 0.3 is 6.36 Å². The van der Waals surface area contributed by atoms with Gasteiger partial charge in [-0.3, -0.25) is 0 Å². The zero-order chi connectivity index (χ0) is 16.3. The molecule has 22 heavy (non-hydrogen) atoms. The molecule has 0 aliphatic carbocycles. The van der Waals surface area contributed by atoms with Crippen LogP contribution < -0.4 is 4.74 Å². The Bertz CT molecular complexity index is 804. The molecule has 0 atom stereocenters. The minimum absolute atomic E-state index is 0.00138. The fourth-order valence-electron chi connectivity index (χ4n) is 1.79. The van der Waals surface area contributed by atoms with E-state index in [2.05, 4.69) is 10.8 Å². The van der Waals surface area contributed by atoms with Crippen LogP contribution in [0.3, 0.4) is 0 Å². The molecule has 2 aromatic carbocycles. The summed E-state index contributed by atoms with van der Waals surface area (Å²) in [6.07, 6.45) is -4.92. The number of nitrogens with zero attached hydrogens (tertiary/aromatic N) is 2. The second kappa shape index (κ2) is 5.97. The van der Waals surface area contributed by atoms with Crippen LogP contribution in [0, 0.1) is 28.7 Å². The van der Waals surface area contributed by atoms with E-state index < -0.39 is 12.1 Å². The molecule has 0 N–H and O–H groups in total. The van der Waals surface area contributed by atoms with Gasteiger partial charge in [0.2, 0.25) is 0 Å². The van der Waals surface area contributed by atoms with E-state index in [1.165, 1.54) is 24.3 Å². The Labute approximate surface area is 128 Å². The Hall–Kier alpha value is -2.70. The lowest BCUT2D eigenvalue weighted by Gasteiger charge is -2.14. The van der Waals surface area contributed by atoms with Gasteiger partial charge in [0.1, 0.15) is 11.8 Å². The third kappa shape index (κ3) is 3.30. The van der Waals surface area contributed by atoms with Gasteiger partial charge in [-0.1, -0.05) is 23.7 Å². The molecule has 0 saturated heterocycles. The molecule has 0 unspecified atom stereocenters. The van der Waals surface area contributed by atoms with Crippen LogP contribution in [0.15, 0.2) is 30.3 Å². The molecule has 2 aromatic rings. The van der Waals surface area contributed by atoms with Gasteiger partial charge in [0.05, 0.1) is 22.2 Å². The zero-order valence-corrected chi connectivity index (χ0v) is 11.5. The van der Waals surface area contributed by atoms with Crippen LogP contribution in [0.4, 0.5) is 13.2 Å². The largest absolute Gasteiger partial charge is 0.573 e. The van der Waals surface area contributed by atoms with E-state index >= 15 is 0 Å². The van der Waals surface area contributed by atoms with E-state index in [9.17, 15) is 13.2 Å². The quantitative estimate of drug-likeness (QED) is 0.821. The number of halogens is 4. The summed E-state index contributed by atoms with van der Waals surface area (Å²) < 4.78 is 41.5. The molecular formula is C15H5ClF3N2O. The number of alkyl halides is 3. The molecule has 0 amide bonds. The first-order valence-corrected chi connectivity index (χ1v) is 6.14. The van der Waals surface area contributed by atoms with Crippen molar-refractivity contribution in [2.75, 3.05) is 0 Å². The van der Waals surface area contributed by atoms with Crippen LogP contribution in [0.25, 0.3) is 11.1 Å². The van der Waals surface area contributed by atoms with Crippen molar-refractivity contribution in [2.24, 2.45) is 0 Å². The molecule has 0 saturated carbocycles. The summed E-state index contributed by atoms with van der Waals surface area (Å²) in [5.74, 6) is -0.566. The molecule has 0 aliphatic rings. The average Bonchev–Trinajstić information content (AvgIpc) is 2.46. The monoisotopic (exact) mass is 321 g/mol. The van der Waals surface area contributed by atoms with Crippen LogP contribution in [-0.4, -0.2) is 6.36 Å². The van der Waals surface area contributed by atoms with Crippen molar-refractivity contribution in [3.05, 3.63) is 52.5 Å². The number of hydrogen-bond acceptors (Lipinski definition) is 3. The summed E-state index contributed by atoms with van der Waals surface area (Å²) >= 11 is 6.00. The van der Waals surface area contributed by atoms with Gasteiger partial charge in [0.15, 0.2) is 0 Å². The van der Waals surface area contributed by atoms with E-state index in [0.717, 1.165) is 6.07 Å². The van der Waals surface area contributed by atoms with Crippen molar-refractivity contribution in [3.8, 4) is 29.0 Å². The summed E-state index contributed by atoms with van der Waals surface area (Å²) in [5, 5.41) is 17.7. The second-order valence-corrected chi connectivity index (χ2v) is 4.44. The predicted octanol–water partition coefficient (Wildman–Crippen LogP) is 4.45. The highest BCUT2D eigenvalue weighted by molar-refractivity contribution is 6.34. The Morgan fingerprint density at radius 3 is 2.41 bits per heavy atom. The van der Waals surface area contributed by atoms with E-state index in [1.807, 2.05) is 0 Å². The number of benzene rings is 2. The lowest BCUT2D eigenvalue weighted by atomic mass is 10.0. The van der Waals surface area contributed by atoms with Gasteiger partial charge in [0, 0.05) is 17.2 Å². The van der Waals surface area contributed by atoms with Crippen molar-refractivity contribution in [2.45, 2.75) is 6.36 Å². The van der Waals surface area contributed by atoms with E-state index in [-0.39, 0.29) is 27.3 Å². The van der Waals surface area contributed by atoms with Crippen molar-refractivity contribution in [3.63, 3.8) is 0 Å². The number of rotatable bonds is 2. The maximum atomic E-state index is 12.5. The number of hydrogen-bond donors (Lipinski definition) is 0. The highest BCUT2D eigenvalue weighted by atomic mass is 35.5. The predicted molar refractivity (Wildman–Crippen MR) is 71.8 cm³/mol. The van der Waals surface area contributed by atoms with Crippen LogP contribution in [-0.2, 0) is 0 Å². The molecule has 109 valence electrons. The van der Waals surface area contributed by atoms with Gasteiger partial charge in [-0.05, 0) is 18.2 Å². The highest BCUT2D eigenvalue weighted by Gasteiger charge is 2.32. The Kier molecular flexibility index (Phi) is 4.25. The first-order chi connectivity index (χ1) is 10.4. The first kappa shape index (κ1) is 15.7. The minimum Gasteiger partial charge on any atom is -0.405 e. The lowest BCUT2D eigenvalue weighted by Crippen LogP contribution is -2.17. The first-order valence-electron chi connectivity index (χ1n) is 5.76. The molecule has 0 aromatic heterocycles. The molecular weight excluding hydrogens is 317 g/mol. The van der Waals surface area contributed by atoms with Crippen LogP contribution in [0.1, 0.15) is 11.1 Å². The molecule has 7 heteroatoms. The molecule has 3 nitrogen and oxygen atoms in total. The Balaban J connectivity index is 2.66. The fourth-order valence-corrected chi connectivity index (χ4v) is 2.05. The maximum Gasteiger partial charge on any atom is 0.573 e. The van der Waals surface area contributed by atoms with E-state index in [1.54, 1.807) is 12.1 Å². The molecule has 0 heterocycles. The normalized spacial score (nSPS) is 10.6. The summed E-state index contributed by atoms with van der Waals surface area (Å²) in [5.41, 5.74) is 0.205. The average molecular weight is 322 g/mol. The summed E-state index contributed by atoms with van der Waals surface area (Å²) in [6.45, 7) is 0. The third-order valence-electron chi connectivity index (χ3n) is 2.67. The van der Waals surface area contributed by atoms with Crippen molar-refractivity contribution in [1.29, 1.82) is 10.5 Å².